The zero-order valence-corrected chi connectivity index (χ0v) is 21.4. The lowest BCUT2D eigenvalue weighted by Gasteiger charge is -2.16. The summed E-state index contributed by atoms with van der Waals surface area (Å²) in [5.74, 6) is 0. The lowest BCUT2D eigenvalue weighted by atomic mass is 9.99. The molecule has 0 amide bonds. The molecule has 0 atom stereocenters. The first kappa shape index (κ1) is 21.3. The van der Waals surface area contributed by atoms with Crippen molar-refractivity contribution in [3.63, 3.8) is 0 Å². The Morgan fingerprint density at radius 1 is 0.344 bits per heavy atom. The second-order valence-electron chi connectivity index (χ2n) is 7.36. The van der Waals surface area contributed by atoms with Crippen molar-refractivity contribution in [2.24, 2.45) is 0 Å². The van der Waals surface area contributed by atoms with E-state index in [9.17, 15) is 0 Å². The number of benzene rings is 4. The van der Waals surface area contributed by atoms with E-state index in [1.54, 1.807) is 0 Å². The van der Waals surface area contributed by atoms with Gasteiger partial charge >= 0.3 is 0 Å². The lowest BCUT2D eigenvalue weighted by molar-refractivity contribution is 1.21. The fourth-order valence-electron chi connectivity index (χ4n) is 3.65. The summed E-state index contributed by atoms with van der Waals surface area (Å²) in [6, 6.07) is 37.6. The molecule has 5 rings (SSSR count). The van der Waals surface area contributed by atoms with Gasteiger partial charge in [0, 0.05) is 29.4 Å². The molecule has 4 aromatic carbocycles. The molecule has 0 aliphatic carbocycles. The summed E-state index contributed by atoms with van der Waals surface area (Å²) in [6.45, 7) is 0. The topological polar surface area (TPSA) is 25.8 Å². The number of hydrogen-bond donors (Lipinski definition) is 0. The molecule has 1 heterocycles. The number of halogens is 2. The quantitative estimate of drug-likeness (QED) is 0.186. The minimum atomic E-state index is 0.889. The highest BCUT2D eigenvalue weighted by Crippen LogP contribution is 2.37. The van der Waals surface area contributed by atoms with Crippen molar-refractivity contribution in [3.8, 4) is 45.0 Å². The first-order chi connectivity index (χ1) is 15.7. The Kier molecular flexibility index (Phi) is 6.32. The van der Waals surface area contributed by atoms with Gasteiger partial charge in [0.25, 0.3) is 0 Å². The summed E-state index contributed by atoms with van der Waals surface area (Å²) in [4.78, 5) is 10.5. The maximum Gasteiger partial charge on any atom is 0.0973 e. The van der Waals surface area contributed by atoms with Crippen molar-refractivity contribution in [2.45, 2.75) is 0 Å². The third-order valence-electron chi connectivity index (χ3n) is 5.23. The maximum atomic E-state index is 5.25. The van der Waals surface area contributed by atoms with Gasteiger partial charge in [0.15, 0.2) is 0 Å². The second kappa shape index (κ2) is 9.50. The number of rotatable bonds is 4. The highest BCUT2D eigenvalue weighted by atomic mass is 127. The van der Waals surface area contributed by atoms with E-state index in [-0.39, 0.29) is 0 Å². The average Bonchev–Trinajstić information content (AvgIpc) is 2.85. The van der Waals surface area contributed by atoms with Crippen LogP contribution in [0.4, 0.5) is 0 Å². The van der Waals surface area contributed by atoms with Crippen molar-refractivity contribution < 1.29 is 0 Å². The van der Waals surface area contributed by atoms with Crippen molar-refractivity contribution in [3.05, 3.63) is 116 Å². The molecule has 2 nitrogen and oxygen atoms in total. The van der Waals surface area contributed by atoms with Crippen molar-refractivity contribution in [1.29, 1.82) is 0 Å². The van der Waals surface area contributed by atoms with E-state index in [0.29, 0.717) is 0 Å². The van der Waals surface area contributed by atoms with Crippen LogP contribution in [0.15, 0.2) is 109 Å². The fourth-order valence-corrected chi connectivity index (χ4v) is 4.37. The zero-order valence-electron chi connectivity index (χ0n) is 17.0. The van der Waals surface area contributed by atoms with Gasteiger partial charge in [0.1, 0.15) is 0 Å². The summed E-state index contributed by atoms with van der Waals surface area (Å²) >= 11 is 4.66. The number of nitrogens with zero attached hydrogens (tertiary/aromatic N) is 2. The summed E-state index contributed by atoms with van der Waals surface area (Å²) in [5.41, 5.74) is 7.78. The molecule has 0 aliphatic rings. The van der Waals surface area contributed by atoms with Crippen LogP contribution >= 0.6 is 45.2 Å². The third-order valence-corrected chi connectivity index (χ3v) is 6.66. The first-order valence-electron chi connectivity index (χ1n) is 10.2. The summed E-state index contributed by atoms with van der Waals surface area (Å²) in [6.07, 6.45) is 0. The molecule has 5 aromatic rings. The number of hydrogen-bond acceptors (Lipinski definition) is 2. The van der Waals surface area contributed by atoms with Crippen LogP contribution in [0.25, 0.3) is 45.0 Å². The van der Waals surface area contributed by atoms with E-state index < -0.39 is 0 Å². The second-order valence-corrected chi connectivity index (χ2v) is 9.86. The predicted octanol–water partition coefficient (Wildman–Crippen LogP) is 8.35. The molecular weight excluding hydrogens is 618 g/mol. The lowest BCUT2D eigenvalue weighted by Crippen LogP contribution is -2.01. The van der Waals surface area contributed by atoms with E-state index >= 15 is 0 Å². The molecular formula is C28H18I2N2. The molecule has 0 saturated heterocycles. The molecule has 0 saturated carbocycles. The predicted molar refractivity (Wildman–Crippen MR) is 149 cm³/mol. The smallest absolute Gasteiger partial charge is 0.0973 e. The minimum Gasteiger partial charge on any atom is -0.243 e. The SMILES string of the molecule is Ic1ccc(-c2nc(-c3ccccc3)c(-c3ccccc3)nc2-c2ccc(I)cc2)cc1. The maximum absolute atomic E-state index is 5.25. The molecule has 0 fully saturated rings. The molecule has 0 unspecified atom stereocenters. The van der Waals surface area contributed by atoms with Crippen LogP contribution in [-0.2, 0) is 0 Å². The highest BCUT2D eigenvalue weighted by molar-refractivity contribution is 14.1. The minimum absolute atomic E-state index is 0.889. The normalized spacial score (nSPS) is 10.8. The van der Waals surface area contributed by atoms with Crippen LogP contribution in [0.3, 0.4) is 0 Å². The van der Waals surface area contributed by atoms with Crippen LogP contribution in [-0.4, -0.2) is 9.97 Å². The molecule has 154 valence electrons. The molecule has 32 heavy (non-hydrogen) atoms. The van der Waals surface area contributed by atoms with Crippen LogP contribution in [0.2, 0.25) is 0 Å². The highest BCUT2D eigenvalue weighted by Gasteiger charge is 2.19. The first-order valence-corrected chi connectivity index (χ1v) is 12.4. The molecule has 4 heteroatoms. The summed E-state index contributed by atoms with van der Waals surface area (Å²) in [7, 11) is 0. The third kappa shape index (κ3) is 4.47. The van der Waals surface area contributed by atoms with Gasteiger partial charge in [0.2, 0.25) is 0 Å². The monoisotopic (exact) mass is 636 g/mol. The van der Waals surface area contributed by atoms with Crippen LogP contribution in [0.1, 0.15) is 0 Å². The Morgan fingerprint density at radius 2 is 0.625 bits per heavy atom. The van der Waals surface area contributed by atoms with Gasteiger partial charge in [-0.1, -0.05) is 84.9 Å². The summed E-state index contributed by atoms with van der Waals surface area (Å²) in [5, 5.41) is 0. The Labute approximate surface area is 215 Å². The van der Waals surface area contributed by atoms with E-state index in [4.69, 9.17) is 9.97 Å². The largest absolute Gasteiger partial charge is 0.243 e. The van der Waals surface area contributed by atoms with E-state index in [1.807, 2.05) is 36.4 Å². The Balaban J connectivity index is 1.83. The fraction of sp³-hybridized carbons (Fsp3) is 0. The van der Waals surface area contributed by atoms with Gasteiger partial charge in [-0.15, -0.1) is 0 Å². The van der Waals surface area contributed by atoms with E-state index in [0.717, 1.165) is 45.0 Å². The average molecular weight is 636 g/mol. The van der Waals surface area contributed by atoms with E-state index in [1.165, 1.54) is 7.14 Å². The standard InChI is InChI=1S/C28H18I2N2/c29-23-15-11-21(12-16-23)27-28(22-13-17-24(30)18-14-22)32-26(20-9-5-2-6-10-20)25(31-27)19-7-3-1-4-8-19/h1-18H. The van der Waals surface area contributed by atoms with Gasteiger partial charge in [-0.2, -0.15) is 0 Å². The van der Waals surface area contributed by atoms with Gasteiger partial charge in [0.05, 0.1) is 22.8 Å². The van der Waals surface area contributed by atoms with Gasteiger partial charge in [-0.05, 0) is 69.4 Å². The summed E-state index contributed by atoms with van der Waals surface area (Å²) < 4.78 is 2.39. The Bertz CT molecular complexity index is 1240. The molecule has 0 radical (unpaired) electrons. The van der Waals surface area contributed by atoms with Crippen molar-refractivity contribution >= 4 is 45.2 Å². The van der Waals surface area contributed by atoms with Crippen molar-refractivity contribution in [1.82, 2.24) is 9.97 Å². The van der Waals surface area contributed by atoms with Gasteiger partial charge in [-0.3, -0.25) is 0 Å². The van der Waals surface area contributed by atoms with Crippen molar-refractivity contribution in [2.75, 3.05) is 0 Å². The van der Waals surface area contributed by atoms with E-state index in [2.05, 4.69) is 118 Å². The Morgan fingerprint density at radius 3 is 0.938 bits per heavy atom. The molecule has 0 bridgehead atoms. The molecule has 1 aromatic heterocycles. The van der Waals surface area contributed by atoms with Crippen LogP contribution < -0.4 is 0 Å². The zero-order chi connectivity index (χ0) is 21.9. The van der Waals surface area contributed by atoms with Crippen LogP contribution in [0.5, 0.6) is 0 Å². The Hall–Kier alpha value is -2.58. The van der Waals surface area contributed by atoms with Gasteiger partial charge < -0.3 is 0 Å². The molecule has 0 N–H and O–H groups in total. The molecule has 0 aliphatic heterocycles. The number of aromatic nitrogens is 2. The molecule has 0 spiro atoms. The van der Waals surface area contributed by atoms with Gasteiger partial charge in [-0.25, -0.2) is 9.97 Å². The van der Waals surface area contributed by atoms with Crippen LogP contribution in [0, 0.1) is 7.14 Å².